The number of para-hydroxylation sites is 1. The maximum atomic E-state index is 13.9. The fourth-order valence-corrected chi connectivity index (χ4v) is 4.66. The molecule has 3 amide bonds. The summed E-state index contributed by atoms with van der Waals surface area (Å²) in [6.45, 7) is 7.07. The summed E-state index contributed by atoms with van der Waals surface area (Å²) in [5, 5.41) is 5.18. The van der Waals surface area contributed by atoms with Crippen LogP contribution in [0.4, 0.5) is 20.6 Å². The summed E-state index contributed by atoms with van der Waals surface area (Å²) in [7, 11) is 3.43. The second kappa shape index (κ2) is 11.9. The summed E-state index contributed by atoms with van der Waals surface area (Å²) in [6, 6.07) is 10.4. The number of fused-ring (bicyclic) bond motifs is 1. The van der Waals surface area contributed by atoms with Crippen LogP contribution in [0.15, 0.2) is 42.5 Å². The molecule has 2 aromatic rings. The second-order valence-corrected chi connectivity index (χ2v) is 10.3. The Morgan fingerprint density at radius 3 is 2.59 bits per heavy atom. The molecule has 2 aliphatic rings. The van der Waals surface area contributed by atoms with Crippen LogP contribution < -0.4 is 15.4 Å². The summed E-state index contributed by atoms with van der Waals surface area (Å²) in [5.41, 5.74) is 0.801. The number of halogens is 1. The lowest BCUT2D eigenvalue weighted by Gasteiger charge is -2.36. The first-order valence-corrected chi connectivity index (χ1v) is 12.9. The summed E-state index contributed by atoms with van der Waals surface area (Å²) < 4.78 is 25.9. The Morgan fingerprint density at radius 2 is 1.89 bits per heavy atom. The molecule has 2 N–H and O–H groups in total. The average Bonchev–Trinajstić information content (AvgIpc) is 3.70. The molecule has 37 heavy (non-hydrogen) atoms. The van der Waals surface area contributed by atoms with Crippen LogP contribution in [-0.2, 0) is 4.74 Å². The lowest BCUT2D eigenvalue weighted by Crippen LogP contribution is -2.47. The largest absolute Gasteiger partial charge is 0.491 e. The molecule has 0 aromatic heterocycles. The maximum absolute atomic E-state index is 13.9. The van der Waals surface area contributed by atoms with E-state index >= 15 is 0 Å². The van der Waals surface area contributed by atoms with Gasteiger partial charge >= 0.3 is 6.03 Å². The van der Waals surface area contributed by atoms with Crippen LogP contribution in [0.2, 0.25) is 0 Å². The molecule has 1 saturated carbocycles. The highest BCUT2D eigenvalue weighted by Gasteiger charge is 2.31. The molecular formula is C28H37FN4O4. The molecule has 1 aliphatic carbocycles. The molecule has 2 aromatic carbocycles. The summed E-state index contributed by atoms with van der Waals surface area (Å²) in [5.74, 6) is 0.648. The molecule has 200 valence electrons. The first-order chi connectivity index (χ1) is 17.7. The van der Waals surface area contributed by atoms with Gasteiger partial charge in [-0.2, -0.15) is 0 Å². The van der Waals surface area contributed by atoms with Gasteiger partial charge in [0.25, 0.3) is 5.91 Å². The summed E-state index contributed by atoms with van der Waals surface area (Å²) in [4.78, 5) is 30.1. The van der Waals surface area contributed by atoms with Crippen molar-refractivity contribution in [1.29, 1.82) is 0 Å². The molecule has 0 bridgehead atoms. The van der Waals surface area contributed by atoms with E-state index in [2.05, 4.69) is 29.4 Å². The Hall–Kier alpha value is -3.17. The van der Waals surface area contributed by atoms with Crippen LogP contribution in [-0.4, -0.2) is 74.3 Å². The third-order valence-corrected chi connectivity index (χ3v) is 7.14. The third-order valence-electron chi connectivity index (χ3n) is 7.14. The van der Waals surface area contributed by atoms with E-state index in [1.54, 1.807) is 49.4 Å². The lowest BCUT2D eigenvalue weighted by molar-refractivity contribution is 0.00994. The van der Waals surface area contributed by atoms with Crippen LogP contribution >= 0.6 is 0 Å². The Morgan fingerprint density at radius 1 is 1.14 bits per heavy atom. The van der Waals surface area contributed by atoms with E-state index in [1.165, 1.54) is 25.0 Å². The Balaban J connectivity index is 1.56. The number of nitrogens with zero attached hydrogens (tertiary/aromatic N) is 2. The predicted octanol–water partition coefficient (Wildman–Crippen LogP) is 4.69. The number of anilines is 2. The van der Waals surface area contributed by atoms with Crippen LogP contribution in [0, 0.1) is 17.7 Å². The number of ether oxygens (including phenoxy) is 2. The van der Waals surface area contributed by atoms with Crippen molar-refractivity contribution in [3.8, 4) is 5.75 Å². The summed E-state index contributed by atoms with van der Waals surface area (Å²) in [6.07, 6.45) is 2.42. The number of nitrogens with one attached hydrogen (secondary N) is 2. The van der Waals surface area contributed by atoms with Crippen molar-refractivity contribution in [2.75, 3.05) is 51.0 Å². The molecule has 1 heterocycles. The van der Waals surface area contributed by atoms with Crippen molar-refractivity contribution >= 4 is 23.3 Å². The van der Waals surface area contributed by atoms with Crippen LogP contribution in [0.5, 0.6) is 5.75 Å². The quantitative estimate of drug-likeness (QED) is 0.608. The van der Waals surface area contributed by atoms with Crippen LogP contribution in [0.1, 0.15) is 37.0 Å². The molecule has 3 atom stereocenters. The number of carbonyl (C=O) groups excluding carboxylic acids is 2. The number of rotatable bonds is 5. The number of benzene rings is 2. The van der Waals surface area contributed by atoms with E-state index in [0.717, 1.165) is 19.0 Å². The van der Waals surface area contributed by atoms with Gasteiger partial charge in [-0.3, -0.25) is 9.69 Å². The minimum absolute atomic E-state index is 0.0647. The Kier molecular flexibility index (Phi) is 8.66. The Labute approximate surface area is 218 Å². The predicted molar refractivity (Wildman–Crippen MR) is 142 cm³/mol. The second-order valence-electron chi connectivity index (χ2n) is 10.3. The minimum atomic E-state index is -0.613. The van der Waals surface area contributed by atoms with Gasteiger partial charge in [-0.1, -0.05) is 19.1 Å². The minimum Gasteiger partial charge on any atom is -0.491 e. The smallest absolute Gasteiger partial charge is 0.323 e. The standard InChI is InChI=1S/C28H37FN4O4/c1-18-14-33(15-20-9-10-20)19(2)17-37-25-12-11-21(13-22(25)27(34)32(3)16-26(18)36-4)30-28(35)31-24-8-6-5-7-23(24)29/h5-8,11-13,18-20,26H,9-10,14-17H2,1-4H3,(H2,30,31,35)/t18-,19+,26-/m1/s1. The highest BCUT2D eigenvalue weighted by atomic mass is 19.1. The topological polar surface area (TPSA) is 83.1 Å². The fraction of sp³-hybridized carbons (Fsp3) is 0.500. The van der Waals surface area contributed by atoms with Gasteiger partial charge in [0.2, 0.25) is 0 Å². The van der Waals surface area contributed by atoms with Crippen LogP contribution in [0.25, 0.3) is 0 Å². The molecule has 1 fully saturated rings. The monoisotopic (exact) mass is 512 g/mol. The SMILES string of the molecule is CO[C@@H]1CN(C)C(=O)c2cc(NC(=O)Nc3ccccc3F)ccc2OC[C@H](C)N(CC2CC2)C[C@H]1C. The molecule has 0 spiro atoms. The highest BCUT2D eigenvalue weighted by Crippen LogP contribution is 2.32. The highest BCUT2D eigenvalue weighted by molar-refractivity contribution is 6.02. The number of urea groups is 1. The molecule has 9 heteroatoms. The lowest BCUT2D eigenvalue weighted by atomic mass is 10.0. The van der Waals surface area contributed by atoms with Crippen LogP contribution in [0.3, 0.4) is 0 Å². The summed E-state index contributed by atoms with van der Waals surface area (Å²) >= 11 is 0. The van der Waals surface area contributed by atoms with E-state index in [1.807, 2.05) is 0 Å². The Bertz CT molecular complexity index is 1110. The van der Waals surface area contributed by atoms with Gasteiger partial charge in [0.05, 0.1) is 17.4 Å². The zero-order valence-corrected chi connectivity index (χ0v) is 22.0. The van der Waals surface area contributed by atoms with Gasteiger partial charge in [-0.15, -0.1) is 0 Å². The van der Waals surface area contributed by atoms with E-state index < -0.39 is 11.8 Å². The number of hydrogen-bond acceptors (Lipinski definition) is 5. The maximum Gasteiger partial charge on any atom is 0.323 e. The molecule has 0 saturated heterocycles. The van der Waals surface area contributed by atoms with E-state index in [-0.39, 0.29) is 29.7 Å². The number of likely N-dealkylation sites (N-methyl/N-ethyl adjacent to an activating group) is 1. The molecule has 1 aliphatic heterocycles. The molecule has 4 rings (SSSR count). The van der Waals surface area contributed by atoms with Gasteiger partial charge in [0, 0.05) is 45.5 Å². The van der Waals surface area contributed by atoms with Crippen molar-refractivity contribution in [1.82, 2.24) is 9.80 Å². The zero-order chi connectivity index (χ0) is 26.5. The van der Waals surface area contributed by atoms with Crippen molar-refractivity contribution < 1.29 is 23.5 Å². The molecule has 8 nitrogen and oxygen atoms in total. The van der Waals surface area contributed by atoms with Crippen molar-refractivity contribution in [2.24, 2.45) is 11.8 Å². The fourth-order valence-electron chi connectivity index (χ4n) is 4.66. The number of hydrogen-bond donors (Lipinski definition) is 2. The molecule has 0 radical (unpaired) electrons. The number of methoxy groups -OCH3 is 1. The van der Waals surface area contributed by atoms with Crippen molar-refractivity contribution in [3.63, 3.8) is 0 Å². The number of carbonyl (C=O) groups is 2. The van der Waals surface area contributed by atoms with Gasteiger partial charge in [-0.05, 0) is 61.9 Å². The van der Waals surface area contributed by atoms with Crippen molar-refractivity contribution in [3.05, 3.63) is 53.8 Å². The average molecular weight is 513 g/mol. The van der Waals surface area contributed by atoms with Gasteiger partial charge in [0.15, 0.2) is 0 Å². The van der Waals surface area contributed by atoms with Gasteiger partial charge < -0.3 is 25.0 Å². The normalized spacial score (nSPS) is 23.3. The van der Waals surface area contributed by atoms with E-state index in [4.69, 9.17) is 9.47 Å². The van der Waals surface area contributed by atoms with Gasteiger partial charge in [0.1, 0.15) is 18.2 Å². The first-order valence-electron chi connectivity index (χ1n) is 12.9. The van der Waals surface area contributed by atoms with E-state index in [0.29, 0.717) is 30.2 Å². The van der Waals surface area contributed by atoms with Crippen molar-refractivity contribution in [2.45, 2.75) is 38.8 Å². The zero-order valence-electron chi connectivity index (χ0n) is 22.0. The third kappa shape index (κ3) is 6.99. The van der Waals surface area contributed by atoms with Gasteiger partial charge in [-0.25, -0.2) is 9.18 Å². The van der Waals surface area contributed by atoms with E-state index in [9.17, 15) is 14.0 Å². The molecule has 0 unspecified atom stereocenters. The first kappa shape index (κ1) is 26.9. The number of amides is 3. The molecular weight excluding hydrogens is 475 g/mol.